The molecule has 4 atom stereocenters. The number of hydrogen-bond acceptors (Lipinski definition) is 1. The first kappa shape index (κ1) is 16.7. The summed E-state index contributed by atoms with van der Waals surface area (Å²) in [7, 11) is 1.72. The topological polar surface area (TPSA) is 29.1 Å². The van der Waals surface area contributed by atoms with Crippen molar-refractivity contribution in [2.45, 2.75) is 46.5 Å². The molecule has 0 aliphatic carbocycles. The first-order valence-electron chi connectivity index (χ1n) is 7.79. The first-order chi connectivity index (χ1) is 9.52. The van der Waals surface area contributed by atoms with Gasteiger partial charge in [-0.1, -0.05) is 64.4 Å². The van der Waals surface area contributed by atoms with E-state index in [4.69, 9.17) is 0 Å². The summed E-state index contributed by atoms with van der Waals surface area (Å²) in [5.41, 5.74) is 1.40. The first-order valence-corrected chi connectivity index (χ1v) is 7.79. The zero-order valence-corrected chi connectivity index (χ0v) is 13.5. The van der Waals surface area contributed by atoms with E-state index in [9.17, 15) is 4.79 Å². The van der Waals surface area contributed by atoms with E-state index in [1.807, 2.05) is 6.92 Å². The van der Waals surface area contributed by atoms with Crippen LogP contribution in [0.1, 0.15) is 52.0 Å². The van der Waals surface area contributed by atoms with Crippen LogP contribution in [0.2, 0.25) is 0 Å². The second kappa shape index (κ2) is 8.08. The van der Waals surface area contributed by atoms with Gasteiger partial charge in [-0.3, -0.25) is 4.79 Å². The van der Waals surface area contributed by atoms with Crippen molar-refractivity contribution in [1.82, 2.24) is 5.32 Å². The summed E-state index contributed by atoms with van der Waals surface area (Å²) in [5.74, 6) is 1.59. The Kier molecular flexibility index (Phi) is 6.77. The highest BCUT2D eigenvalue weighted by Gasteiger charge is 2.29. The number of carbonyl (C=O) groups is 1. The SMILES string of the molecule is CCCC(c1ccccc1)C(C)C(C)C(C)C(=O)NC. The summed E-state index contributed by atoms with van der Waals surface area (Å²) in [6, 6.07) is 10.7. The van der Waals surface area contributed by atoms with Crippen LogP contribution in [0.25, 0.3) is 0 Å². The van der Waals surface area contributed by atoms with Gasteiger partial charge in [0.2, 0.25) is 5.91 Å². The van der Waals surface area contributed by atoms with Crippen LogP contribution in [-0.4, -0.2) is 13.0 Å². The predicted octanol–water partition coefficient (Wildman–Crippen LogP) is 4.22. The van der Waals surface area contributed by atoms with Gasteiger partial charge in [0.15, 0.2) is 0 Å². The van der Waals surface area contributed by atoms with Crippen molar-refractivity contribution in [3.05, 3.63) is 35.9 Å². The average Bonchev–Trinajstić information content (AvgIpc) is 2.50. The van der Waals surface area contributed by atoms with Crippen LogP contribution in [0.5, 0.6) is 0 Å². The maximum Gasteiger partial charge on any atom is 0.222 e. The normalized spacial score (nSPS) is 17.1. The highest BCUT2D eigenvalue weighted by Crippen LogP contribution is 2.36. The van der Waals surface area contributed by atoms with E-state index in [1.165, 1.54) is 18.4 Å². The molecular weight excluding hydrogens is 246 g/mol. The lowest BCUT2D eigenvalue weighted by atomic mass is 9.73. The van der Waals surface area contributed by atoms with Gasteiger partial charge >= 0.3 is 0 Å². The van der Waals surface area contributed by atoms with E-state index < -0.39 is 0 Å². The minimum absolute atomic E-state index is 0.0538. The molecule has 0 heterocycles. The van der Waals surface area contributed by atoms with Gasteiger partial charge in [0.25, 0.3) is 0 Å². The van der Waals surface area contributed by atoms with Crippen LogP contribution >= 0.6 is 0 Å². The van der Waals surface area contributed by atoms with Gasteiger partial charge in [0.05, 0.1) is 0 Å². The summed E-state index contributed by atoms with van der Waals surface area (Å²) in [6.45, 7) is 8.76. The Morgan fingerprint density at radius 3 is 2.20 bits per heavy atom. The van der Waals surface area contributed by atoms with Gasteiger partial charge in [-0.15, -0.1) is 0 Å². The number of hydrogen-bond donors (Lipinski definition) is 1. The molecule has 1 N–H and O–H groups in total. The molecule has 0 aromatic heterocycles. The zero-order chi connectivity index (χ0) is 15.1. The third-order valence-electron chi connectivity index (χ3n) is 4.74. The Morgan fingerprint density at radius 1 is 1.10 bits per heavy atom. The maximum absolute atomic E-state index is 11.9. The van der Waals surface area contributed by atoms with E-state index in [0.717, 1.165) is 0 Å². The number of rotatable bonds is 7. The molecule has 2 heteroatoms. The van der Waals surface area contributed by atoms with E-state index in [2.05, 4.69) is 56.4 Å². The van der Waals surface area contributed by atoms with Crippen LogP contribution in [0.3, 0.4) is 0 Å². The Hall–Kier alpha value is -1.31. The molecule has 0 radical (unpaired) electrons. The molecule has 0 bridgehead atoms. The molecule has 4 unspecified atom stereocenters. The van der Waals surface area contributed by atoms with Crippen molar-refractivity contribution < 1.29 is 4.79 Å². The van der Waals surface area contributed by atoms with Crippen LogP contribution in [0.4, 0.5) is 0 Å². The Bertz CT molecular complexity index is 401. The second-order valence-corrected chi connectivity index (χ2v) is 5.93. The molecule has 0 aliphatic rings. The fourth-order valence-corrected chi connectivity index (χ4v) is 3.03. The van der Waals surface area contributed by atoms with Gasteiger partial charge in [-0.05, 0) is 29.7 Å². The molecule has 1 amide bonds. The fraction of sp³-hybridized carbons (Fsp3) is 0.611. The number of amides is 1. The minimum Gasteiger partial charge on any atom is -0.359 e. The smallest absolute Gasteiger partial charge is 0.222 e. The Labute approximate surface area is 124 Å². The molecule has 1 aromatic rings. The Balaban J connectivity index is 2.89. The van der Waals surface area contributed by atoms with E-state index in [-0.39, 0.29) is 11.8 Å². The van der Waals surface area contributed by atoms with Gasteiger partial charge in [0.1, 0.15) is 0 Å². The third-order valence-corrected chi connectivity index (χ3v) is 4.74. The monoisotopic (exact) mass is 275 g/mol. The number of carbonyl (C=O) groups excluding carboxylic acids is 1. The molecule has 0 spiro atoms. The van der Waals surface area contributed by atoms with Crippen LogP contribution < -0.4 is 5.32 Å². The van der Waals surface area contributed by atoms with Crippen LogP contribution in [0.15, 0.2) is 30.3 Å². The lowest BCUT2D eigenvalue weighted by molar-refractivity contribution is -0.126. The lowest BCUT2D eigenvalue weighted by Crippen LogP contribution is -2.33. The van der Waals surface area contributed by atoms with E-state index >= 15 is 0 Å². The average molecular weight is 275 g/mol. The van der Waals surface area contributed by atoms with Gasteiger partial charge in [0, 0.05) is 13.0 Å². The van der Waals surface area contributed by atoms with Crippen molar-refractivity contribution in [3.63, 3.8) is 0 Å². The predicted molar refractivity (Wildman–Crippen MR) is 85.6 cm³/mol. The van der Waals surface area contributed by atoms with E-state index in [1.54, 1.807) is 7.05 Å². The van der Waals surface area contributed by atoms with Crippen LogP contribution in [0, 0.1) is 17.8 Å². The zero-order valence-electron chi connectivity index (χ0n) is 13.5. The highest BCUT2D eigenvalue weighted by molar-refractivity contribution is 5.78. The molecule has 1 aromatic carbocycles. The second-order valence-electron chi connectivity index (χ2n) is 5.93. The molecule has 2 nitrogen and oxygen atoms in total. The third kappa shape index (κ3) is 4.09. The Morgan fingerprint density at radius 2 is 1.70 bits per heavy atom. The summed E-state index contributed by atoms with van der Waals surface area (Å²) in [4.78, 5) is 11.9. The van der Waals surface area contributed by atoms with Crippen LogP contribution in [-0.2, 0) is 4.79 Å². The largest absolute Gasteiger partial charge is 0.359 e. The van der Waals surface area contributed by atoms with Gasteiger partial charge in [-0.2, -0.15) is 0 Å². The minimum atomic E-state index is 0.0538. The fourth-order valence-electron chi connectivity index (χ4n) is 3.03. The molecule has 0 saturated carbocycles. The van der Waals surface area contributed by atoms with Crippen molar-refractivity contribution in [3.8, 4) is 0 Å². The maximum atomic E-state index is 11.9. The van der Waals surface area contributed by atoms with Gasteiger partial charge < -0.3 is 5.32 Å². The van der Waals surface area contributed by atoms with Crippen molar-refractivity contribution in [2.24, 2.45) is 17.8 Å². The molecule has 0 fully saturated rings. The molecule has 0 saturated heterocycles. The van der Waals surface area contributed by atoms with Gasteiger partial charge in [-0.25, -0.2) is 0 Å². The molecular formula is C18H29NO. The summed E-state index contributed by atoms with van der Waals surface area (Å²) >= 11 is 0. The standard InChI is InChI=1S/C18H29NO/c1-6-10-17(16-11-8-7-9-12-16)14(3)13(2)15(4)18(20)19-5/h7-9,11-15,17H,6,10H2,1-5H3,(H,19,20). The van der Waals surface area contributed by atoms with Crippen molar-refractivity contribution in [2.75, 3.05) is 7.05 Å². The molecule has 0 aliphatic heterocycles. The summed E-state index contributed by atoms with van der Waals surface area (Å²) in [5, 5.41) is 2.77. The van der Waals surface area contributed by atoms with Crippen molar-refractivity contribution in [1.29, 1.82) is 0 Å². The van der Waals surface area contributed by atoms with Crippen molar-refractivity contribution >= 4 is 5.91 Å². The summed E-state index contributed by atoms with van der Waals surface area (Å²) in [6.07, 6.45) is 2.35. The molecule has 20 heavy (non-hydrogen) atoms. The number of nitrogens with one attached hydrogen (secondary N) is 1. The highest BCUT2D eigenvalue weighted by atomic mass is 16.1. The molecule has 1 rings (SSSR count). The molecule has 112 valence electrons. The number of benzene rings is 1. The lowest BCUT2D eigenvalue weighted by Gasteiger charge is -2.32. The van der Waals surface area contributed by atoms with E-state index in [0.29, 0.717) is 17.8 Å². The quantitative estimate of drug-likeness (QED) is 0.793. The summed E-state index contributed by atoms with van der Waals surface area (Å²) < 4.78 is 0.